The van der Waals surface area contributed by atoms with E-state index in [1.807, 2.05) is 0 Å². The minimum absolute atomic E-state index is 0.521. The lowest BCUT2D eigenvalue weighted by molar-refractivity contribution is -0.0332. The van der Waals surface area contributed by atoms with Crippen LogP contribution in [0.4, 0.5) is 0 Å². The van der Waals surface area contributed by atoms with Crippen LogP contribution in [-0.4, -0.2) is 0 Å². The standard InChI is InChI=1S/C16H26/c1-11-6-8-14(2,3)16-9-7-12(10-16)15(4,5)13(11)16/h12-13H,1,6-10H2,2-5H3/t12-,13?,16-/m0/s1. The highest BCUT2D eigenvalue weighted by Crippen LogP contribution is 2.76. The molecule has 0 radical (unpaired) electrons. The third-order valence-corrected chi connectivity index (χ3v) is 6.73. The minimum Gasteiger partial charge on any atom is -0.0995 e. The predicted octanol–water partition coefficient (Wildman–Crippen LogP) is 4.81. The first-order valence-corrected chi connectivity index (χ1v) is 6.99. The van der Waals surface area contributed by atoms with Crippen LogP contribution in [0.1, 0.15) is 59.8 Å². The van der Waals surface area contributed by atoms with E-state index < -0.39 is 0 Å². The molecule has 0 aromatic rings. The highest BCUT2D eigenvalue weighted by atomic mass is 14.7. The zero-order valence-corrected chi connectivity index (χ0v) is 11.4. The second-order valence-electron chi connectivity index (χ2n) is 7.89. The van der Waals surface area contributed by atoms with Crippen molar-refractivity contribution < 1.29 is 0 Å². The maximum Gasteiger partial charge on any atom is -0.00901 e. The van der Waals surface area contributed by atoms with Gasteiger partial charge in [-0.25, -0.2) is 0 Å². The number of hydrogen-bond acceptors (Lipinski definition) is 0. The van der Waals surface area contributed by atoms with E-state index in [2.05, 4.69) is 34.3 Å². The highest BCUT2D eigenvalue weighted by molar-refractivity contribution is 5.27. The fourth-order valence-corrected chi connectivity index (χ4v) is 5.71. The molecule has 0 nitrogen and oxygen atoms in total. The van der Waals surface area contributed by atoms with Crippen molar-refractivity contribution in [2.75, 3.05) is 0 Å². The van der Waals surface area contributed by atoms with Crippen molar-refractivity contribution in [1.82, 2.24) is 0 Å². The van der Waals surface area contributed by atoms with Crippen molar-refractivity contribution in [3.8, 4) is 0 Å². The second-order valence-corrected chi connectivity index (χ2v) is 7.89. The molecule has 0 amide bonds. The lowest BCUT2D eigenvalue weighted by Gasteiger charge is -2.56. The molecule has 0 aromatic carbocycles. The molecule has 3 rings (SSSR count). The van der Waals surface area contributed by atoms with Crippen molar-refractivity contribution >= 4 is 0 Å². The number of hydrogen-bond donors (Lipinski definition) is 0. The Morgan fingerprint density at radius 3 is 2.44 bits per heavy atom. The first-order chi connectivity index (χ1) is 7.31. The van der Waals surface area contributed by atoms with Crippen molar-refractivity contribution in [3.05, 3.63) is 12.2 Å². The summed E-state index contributed by atoms with van der Waals surface area (Å²) in [7, 11) is 0. The van der Waals surface area contributed by atoms with E-state index >= 15 is 0 Å². The Balaban J connectivity index is 2.14. The fourth-order valence-electron chi connectivity index (χ4n) is 5.71. The van der Waals surface area contributed by atoms with Crippen LogP contribution in [0.5, 0.6) is 0 Å². The van der Waals surface area contributed by atoms with Crippen LogP contribution in [-0.2, 0) is 0 Å². The summed E-state index contributed by atoms with van der Waals surface area (Å²) >= 11 is 0. The van der Waals surface area contributed by atoms with Crippen molar-refractivity contribution in [3.63, 3.8) is 0 Å². The molecular formula is C16H26. The molecule has 16 heavy (non-hydrogen) atoms. The summed E-state index contributed by atoms with van der Waals surface area (Å²) in [6.07, 6.45) is 7.06. The molecule has 90 valence electrons. The smallest absolute Gasteiger partial charge is 0.00901 e. The number of rotatable bonds is 0. The molecule has 3 atom stereocenters. The lowest BCUT2D eigenvalue weighted by atomic mass is 9.48. The first kappa shape index (κ1) is 10.9. The summed E-state index contributed by atoms with van der Waals surface area (Å²) in [5, 5.41) is 0. The van der Waals surface area contributed by atoms with Crippen LogP contribution in [0.2, 0.25) is 0 Å². The Labute approximate surface area is 101 Å². The SMILES string of the molecule is C=C1CCC(C)(C)[C@@]23CC[C@@H](C2)C(C)(C)C13. The van der Waals surface area contributed by atoms with Gasteiger partial charge in [-0.3, -0.25) is 0 Å². The largest absolute Gasteiger partial charge is 0.0995 e. The Kier molecular flexibility index (Phi) is 1.88. The minimum atomic E-state index is 0.521. The second kappa shape index (κ2) is 2.76. The van der Waals surface area contributed by atoms with Gasteiger partial charge in [0.25, 0.3) is 0 Å². The van der Waals surface area contributed by atoms with Gasteiger partial charge in [-0.2, -0.15) is 0 Å². The molecule has 1 unspecified atom stereocenters. The first-order valence-electron chi connectivity index (χ1n) is 6.99. The van der Waals surface area contributed by atoms with E-state index in [1.165, 1.54) is 32.1 Å². The van der Waals surface area contributed by atoms with E-state index in [9.17, 15) is 0 Å². The Morgan fingerprint density at radius 1 is 1.12 bits per heavy atom. The molecule has 3 aliphatic carbocycles. The zero-order chi connectivity index (χ0) is 11.8. The Morgan fingerprint density at radius 2 is 1.81 bits per heavy atom. The van der Waals surface area contributed by atoms with Crippen LogP contribution in [0, 0.1) is 28.1 Å². The average molecular weight is 218 g/mol. The Hall–Kier alpha value is -0.260. The maximum absolute atomic E-state index is 4.43. The molecule has 0 aromatic heterocycles. The van der Waals surface area contributed by atoms with Crippen molar-refractivity contribution in [1.29, 1.82) is 0 Å². The van der Waals surface area contributed by atoms with E-state index in [0.29, 0.717) is 16.2 Å². The van der Waals surface area contributed by atoms with Crippen LogP contribution in [0.15, 0.2) is 12.2 Å². The van der Waals surface area contributed by atoms with Crippen molar-refractivity contribution in [2.24, 2.45) is 28.1 Å². The van der Waals surface area contributed by atoms with Gasteiger partial charge < -0.3 is 0 Å². The topological polar surface area (TPSA) is 0 Å². The lowest BCUT2D eigenvalue weighted by Crippen LogP contribution is -2.48. The van der Waals surface area contributed by atoms with Gasteiger partial charge in [0.2, 0.25) is 0 Å². The summed E-state index contributed by atoms with van der Waals surface area (Å²) < 4.78 is 0. The molecule has 1 spiro atoms. The molecule has 0 saturated heterocycles. The predicted molar refractivity (Wildman–Crippen MR) is 69.2 cm³/mol. The summed E-state index contributed by atoms with van der Waals surface area (Å²) in [6.45, 7) is 14.5. The monoisotopic (exact) mass is 218 g/mol. The van der Waals surface area contributed by atoms with Crippen LogP contribution in [0.25, 0.3) is 0 Å². The van der Waals surface area contributed by atoms with Gasteiger partial charge in [0, 0.05) is 0 Å². The van der Waals surface area contributed by atoms with Gasteiger partial charge in [-0.05, 0) is 60.2 Å². The maximum atomic E-state index is 4.43. The summed E-state index contributed by atoms with van der Waals surface area (Å²) in [6, 6.07) is 0. The van der Waals surface area contributed by atoms with E-state index in [1.54, 1.807) is 5.57 Å². The molecule has 3 aliphatic rings. The van der Waals surface area contributed by atoms with Crippen LogP contribution in [0.3, 0.4) is 0 Å². The Bertz CT molecular complexity index is 347. The highest BCUT2D eigenvalue weighted by Gasteiger charge is 2.67. The van der Waals surface area contributed by atoms with Gasteiger partial charge in [0.05, 0.1) is 0 Å². The molecular weight excluding hydrogens is 192 g/mol. The van der Waals surface area contributed by atoms with E-state index in [0.717, 1.165) is 11.8 Å². The van der Waals surface area contributed by atoms with Gasteiger partial charge >= 0.3 is 0 Å². The summed E-state index contributed by atoms with van der Waals surface area (Å²) in [5.74, 6) is 1.77. The zero-order valence-electron chi connectivity index (χ0n) is 11.4. The molecule has 0 aliphatic heterocycles. The van der Waals surface area contributed by atoms with Gasteiger partial charge in [-0.15, -0.1) is 0 Å². The van der Waals surface area contributed by atoms with Gasteiger partial charge in [0.15, 0.2) is 0 Å². The molecule has 0 heterocycles. The average Bonchev–Trinajstić information content (AvgIpc) is 2.67. The van der Waals surface area contributed by atoms with Gasteiger partial charge in [-0.1, -0.05) is 39.8 Å². The van der Waals surface area contributed by atoms with Crippen molar-refractivity contribution in [2.45, 2.75) is 59.8 Å². The van der Waals surface area contributed by atoms with E-state index in [4.69, 9.17) is 0 Å². The summed E-state index contributed by atoms with van der Waals surface area (Å²) in [5.41, 5.74) is 3.25. The molecule has 0 N–H and O–H groups in total. The number of allylic oxidation sites excluding steroid dienone is 1. The fraction of sp³-hybridized carbons (Fsp3) is 0.875. The van der Waals surface area contributed by atoms with Gasteiger partial charge in [0.1, 0.15) is 0 Å². The summed E-state index contributed by atoms with van der Waals surface area (Å²) in [4.78, 5) is 0. The molecule has 3 saturated carbocycles. The third kappa shape index (κ3) is 0.978. The van der Waals surface area contributed by atoms with E-state index in [-0.39, 0.29) is 0 Å². The third-order valence-electron chi connectivity index (χ3n) is 6.73. The molecule has 2 bridgehead atoms. The molecule has 3 fully saturated rings. The van der Waals surface area contributed by atoms with Crippen LogP contribution < -0.4 is 0 Å². The molecule has 0 heteroatoms. The van der Waals surface area contributed by atoms with Crippen LogP contribution >= 0.6 is 0 Å². The number of fused-ring (bicyclic) bond motifs is 1. The normalized spacial score (nSPS) is 48.1. The quantitative estimate of drug-likeness (QED) is 0.512.